The zero-order valence-corrected chi connectivity index (χ0v) is 14.2. The van der Waals surface area contributed by atoms with Crippen LogP contribution in [0.15, 0.2) is 24.3 Å². The van der Waals surface area contributed by atoms with Gasteiger partial charge in [0.1, 0.15) is 16.4 Å². The molecule has 0 fully saturated rings. The molecule has 0 saturated heterocycles. The lowest BCUT2D eigenvalue weighted by Gasteiger charge is -2.09. The molecule has 0 bridgehead atoms. The summed E-state index contributed by atoms with van der Waals surface area (Å²) in [6, 6.07) is 5.87. The highest BCUT2D eigenvalue weighted by Crippen LogP contribution is 2.40. The van der Waals surface area contributed by atoms with Crippen LogP contribution in [0, 0.1) is 18.7 Å². The third-order valence-corrected chi connectivity index (χ3v) is 4.39. The monoisotopic (exact) mass is 335 g/mol. The van der Waals surface area contributed by atoms with Crippen LogP contribution in [0.25, 0.3) is 11.1 Å². The van der Waals surface area contributed by atoms with Crippen LogP contribution in [-0.2, 0) is 9.53 Å². The fourth-order valence-electron chi connectivity index (χ4n) is 2.15. The third-order valence-electron chi connectivity index (χ3n) is 3.37. The lowest BCUT2D eigenvalue weighted by atomic mass is 10.0. The van der Waals surface area contributed by atoms with Crippen molar-refractivity contribution in [2.24, 2.45) is 5.92 Å². The van der Waals surface area contributed by atoms with E-state index in [0.29, 0.717) is 21.7 Å². The van der Waals surface area contributed by atoms with Crippen LogP contribution in [0.4, 0.5) is 9.39 Å². The summed E-state index contributed by atoms with van der Waals surface area (Å²) < 4.78 is 18.0. The number of anilines is 1. The molecule has 1 N–H and O–H groups in total. The summed E-state index contributed by atoms with van der Waals surface area (Å²) in [7, 11) is 1.29. The van der Waals surface area contributed by atoms with Crippen LogP contribution >= 0.6 is 11.3 Å². The number of hydrogen-bond acceptors (Lipinski definition) is 4. The van der Waals surface area contributed by atoms with Crippen molar-refractivity contribution >= 4 is 28.2 Å². The first-order valence-corrected chi connectivity index (χ1v) is 7.95. The van der Waals surface area contributed by atoms with Crippen LogP contribution in [-0.4, -0.2) is 19.0 Å². The van der Waals surface area contributed by atoms with Gasteiger partial charge in [0.2, 0.25) is 5.91 Å². The first-order valence-electron chi connectivity index (χ1n) is 7.13. The van der Waals surface area contributed by atoms with Crippen molar-refractivity contribution in [1.82, 2.24) is 0 Å². The van der Waals surface area contributed by atoms with Crippen molar-refractivity contribution < 1.29 is 18.7 Å². The van der Waals surface area contributed by atoms with E-state index in [9.17, 15) is 14.0 Å². The second kappa shape index (κ2) is 6.91. The molecule has 4 nitrogen and oxygen atoms in total. The molecule has 1 amide bonds. The number of thiophene rings is 1. The zero-order chi connectivity index (χ0) is 17.1. The molecule has 2 aromatic rings. The number of esters is 1. The van der Waals surface area contributed by atoms with E-state index >= 15 is 0 Å². The molecule has 2 rings (SSSR count). The topological polar surface area (TPSA) is 55.4 Å². The maximum atomic E-state index is 13.1. The molecule has 1 heterocycles. The normalized spacial score (nSPS) is 10.7. The molecule has 0 aliphatic carbocycles. The van der Waals surface area contributed by atoms with E-state index in [1.54, 1.807) is 26.0 Å². The van der Waals surface area contributed by atoms with Gasteiger partial charge in [-0.2, -0.15) is 0 Å². The molecule has 6 heteroatoms. The summed E-state index contributed by atoms with van der Waals surface area (Å²) in [6.07, 6.45) is 0. The van der Waals surface area contributed by atoms with Crippen molar-refractivity contribution in [3.63, 3.8) is 0 Å². The summed E-state index contributed by atoms with van der Waals surface area (Å²) in [5.74, 6) is -1.28. The van der Waals surface area contributed by atoms with Gasteiger partial charge in [0.15, 0.2) is 0 Å². The van der Waals surface area contributed by atoms with Gasteiger partial charge in [-0.3, -0.25) is 4.79 Å². The number of ether oxygens (including phenoxy) is 1. The van der Waals surface area contributed by atoms with Crippen LogP contribution in [0.5, 0.6) is 0 Å². The molecule has 1 aromatic heterocycles. The number of benzene rings is 1. The van der Waals surface area contributed by atoms with Gasteiger partial charge >= 0.3 is 5.97 Å². The molecule has 0 aliphatic rings. The minimum Gasteiger partial charge on any atom is -0.465 e. The van der Waals surface area contributed by atoms with Crippen molar-refractivity contribution in [3.8, 4) is 11.1 Å². The fraction of sp³-hybridized carbons (Fsp3) is 0.294. The molecule has 0 spiro atoms. The van der Waals surface area contributed by atoms with E-state index in [4.69, 9.17) is 4.74 Å². The van der Waals surface area contributed by atoms with E-state index in [0.717, 1.165) is 4.88 Å². The second-order valence-corrected chi connectivity index (χ2v) is 6.60. The van der Waals surface area contributed by atoms with Crippen LogP contribution in [0.3, 0.4) is 0 Å². The molecule has 0 atom stereocenters. The number of halogens is 1. The highest BCUT2D eigenvalue weighted by molar-refractivity contribution is 7.17. The standard InChI is InChI=1S/C17H18FNO3S/c1-9(2)15(20)19-16-14(17(21)22-4)13(10(3)23-16)11-5-7-12(18)8-6-11/h5-9H,1-4H3,(H,19,20). The van der Waals surface area contributed by atoms with Gasteiger partial charge in [-0.05, 0) is 24.6 Å². The maximum absolute atomic E-state index is 13.1. The van der Waals surface area contributed by atoms with Gasteiger partial charge in [-0.25, -0.2) is 9.18 Å². The molecule has 1 aromatic carbocycles. The van der Waals surface area contributed by atoms with Crippen LogP contribution in [0.1, 0.15) is 29.1 Å². The Balaban J connectivity index is 2.57. The number of amides is 1. The molecule has 0 unspecified atom stereocenters. The van der Waals surface area contributed by atoms with Gasteiger partial charge in [0.25, 0.3) is 0 Å². The second-order valence-electron chi connectivity index (χ2n) is 5.38. The first kappa shape index (κ1) is 17.1. The number of rotatable bonds is 4. The van der Waals surface area contributed by atoms with Gasteiger partial charge in [0.05, 0.1) is 7.11 Å². The summed E-state index contributed by atoms with van der Waals surface area (Å²) in [6.45, 7) is 5.39. The zero-order valence-electron chi connectivity index (χ0n) is 13.4. The lowest BCUT2D eigenvalue weighted by molar-refractivity contribution is -0.118. The predicted octanol–water partition coefficient (Wildman–Crippen LogP) is 4.24. The number of carbonyl (C=O) groups excluding carboxylic acids is 2. The van der Waals surface area contributed by atoms with Gasteiger partial charge in [-0.15, -0.1) is 11.3 Å². The summed E-state index contributed by atoms with van der Waals surface area (Å²) >= 11 is 1.30. The molecule has 0 saturated carbocycles. The Morgan fingerprint density at radius 3 is 2.35 bits per heavy atom. The Labute approximate surface area is 138 Å². The maximum Gasteiger partial charge on any atom is 0.341 e. The van der Waals surface area contributed by atoms with Crippen molar-refractivity contribution in [2.75, 3.05) is 12.4 Å². The van der Waals surface area contributed by atoms with Gasteiger partial charge < -0.3 is 10.1 Å². The Morgan fingerprint density at radius 2 is 1.83 bits per heavy atom. The van der Waals surface area contributed by atoms with Gasteiger partial charge in [0, 0.05) is 16.4 Å². The summed E-state index contributed by atoms with van der Waals surface area (Å²) in [4.78, 5) is 25.0. The quantitative estimate of drug-likeness (QED) is 0.850. The largest absolute Gasteiger partial charge is 0.465 e. The Hall–Kier alpha value is -2.21. The average Bonchev–Trinajstić information content (AvgIpc) is 2.83. The molecular weight excluding hydrogens is 317 g/mol. The summed E-state index contributed by atoms with van der Waals surface area (Å²) in [5, 5.41) is 3.22. The van der Waals surface area contributed by atoms with E-state index in [-0.39, 0.29) is 17.6 Å². The highest BCUT2D eigenvalue weighted by Gasteiger charge is 2.25. The van der Waals surface area contributed by atoms with Crippen molar-refractivity contribution in [3.05, 3.63) is 40.5 Å². The Bertz CT molecular complexity index is 735. The fourth-order valence-corrected chi connectivity index (χ4v) is 3.22. The average molecular weight is 335 g/mol. The van der Waals surface area contributed by atoms with E-state index in [1.807, 2.05) is 6.92 Å². The van der Waals surface area contributed by atoms with Crippen LogP contribution < -0.4 is 5.32 Å². The number of hydrogen-bond donors (Lipinski definition) is 1. The molecular formula is C17H18FNO3S. The SMILES string of the molecule is COC(=O)c1c(NC(=O)C(C)C)sc(C)c1-c1ccc(F)cc1. The number of carbonyl (C=O) groups is 2. The Morgan fingerprint density at radius 1 is 1.22 bits per heavy atom. The van der Waals surface area contributed by atoms with Gasteiger partial charge in [-0.1, -0.05) is 26.0 Å². The smallest absolute Gasteiger partial charge is 0.341 e. The van der Waals surface area contributed by atoms with E-state index in [2.05, 4.69) is 5.32 Å². The van der Waals surface area contributed by atoms with Crippen molar-refractivity contribution in [1.29, 1.82) is 0 Å². The van der Waals surface area contributed by atoms with E-state index < -0.39 is 5.97 Å². The first-order chi connectivity index (χ1) is 10.8. The van der Waals surface area contributed by atoms with Crippen LogP contribution in [0.2, 0.25) is 0 Å². The van der Waals surface area contributed by atoms with E-state index in [1.165, 1.54) is 30.6 Å². The number of methoxy groups -OCH3 is 1. The van der Waals surface area contributed by atoms with Crippen molar-refractivity contribution in [2.45, 2.75) is 20.8 Å². The summed E-state index contributed by atoms with van der Waals surface area (Å²) in [5.41, 5.74) is 1.65. The Kier molecular flexibility index (Phi) is 5.15. The molecule has 0 radical (unpaired) electrons. The minimum absolute atomic E-state index is 0.179. The molecule has 0 aliphatic heterocycles. The minimum atomic E-state index is -0.535. The highest BCUT2D eigenvalue weighted by atomic mass is 32.1. The number of nitrogens with one attached hydrogen (secondary N) is 1. The predicted molar refractivity (Wildman–Crippen MR) is 89.3 cm³/mol. The molecule has 122 valence electrons. The number of aryl methyl sites for hydroxylation is 1. The lowest BCUT2D eigenvalue weighted by Crippen LogP contribution is -2.18. The molecule has 23 heavy (non-hydrogen) atoms. The third kappa shape index (κ3) is 3.59.